The zero-order chi connectivity index (χ0) is 16.1. The molecule has 0 N–H and O–H groups in total. The summed E-state index contributed by atoms with van der Waals surface area (Å²) in [5, 5.41) is 0.318. The number of rotatable bonds is 6. The lowest BCUT2D eigenvalue weighted by molar-refractivity contribution is -0.138. The highest BCUT2D eigenvalue weighted by Crippen LogP contribution is 2.27. The van der Waals surface area contributed by atoms with E-state index in [0.29, 0.717) is 11.6 Å². The molecule has 0 fully saturated rings. The minimum atomic E-state index is -0.476. The van der Waals surface area contributed by atoms with E-state index < -0.39 is 5.97 Å². The van der Waals surface area contributed by atoms with E-state index in [1.54, 1.807) is 19.1 Å². The van der Waals surface area contributed by atoms with E-state index in [9.17, 15) is 4.79 Å². The van der Waals surface area contributed by atoms with Gasteiger partial charge in [0.2, 0.25) is 0 Å². The molecule has 0 rings (SSSR count). The van der Waals surface area contributed by atoms with Gasteiger partial charge in [-0.3, -0.25) is 0 Å². The standard InChI is InChI=1S/C15H19ClO2.C2H6/c1-6-10-13(11(5)7-2)14(16)12(8-3)15(17)18-9-4;1-2/h6-8,10H,1,3,9H2,2,4-5H3;1-2H3/b11-7-,13-10+,14-12-;. The van der Waals surface area contributed by atoms with Gasteiger partial charge in [-0.1, -0.05) is 62.9 Å². The highest BCUT2D eigenvalue weighted by atomic mass is 35.5. The number of halogens is 1. The first-order valence-electron chi connectivity index (χ1n) is 6.69. The minimum absolute atomic E-state index is 0.257. The summed E-state index contributed by atoms with van der Waals surface area (Å²) in [7, 11) is 0. The van der Waals surface area contributed by atoms with Gasteiger partial charge >= 0.3 is 5.97 Å². The molecule has 0 radical (unpaired) electrons. The monoisotopic (exact) mass is 296 g/mol. The fourth-order valence-electron chi connectivity index (χ4n) is 1.27. The Balaban J connectivity index is 0. The van der Waals surface area contributed by atoms with Crippen LogP contribution in [0.4, 0.5) is 0 Å². The summed E-state index contributed by atoms with van der Waals surface area (Å²) in [5.74, 6) is -0.476. The van der Waals surface area contributed by atoms with E-state index in [0.717, 1.165) is 11.1 Å². The summed E-state index contributed by atoms with van der Waals surface area (Å²) < 4.78 is 4.93. The maximum absolute atomic E-state index is 11.7. The first-order valence-corrected chi connectivity index (χ1v) is 7.06. The molecule has 0 unspecified atom stereocenters. The normalized spacial score (nSPS) is 12.7. The third-order valence-corrected chi connectivity index (χ3v) is 2.72. The Hall–Kier alpha value is -1.54. The van der Waals surface area contributed by atoms with Gasteiger partial charge in [0.25, 0.3) is 0 Å². The van der Waals surface area contributed by atoms with Crippen molar-refractivity contribution in [2.45, 2.75) is 34.6 Å². The second kappa shape index (κ2) is 12.5. The van der Waals surface area contributed by atoms with Gasteiger partial charge in [0, 0.05) is 0 Å². The Bertz CT molecular complexity index is 426. The van der Waals surface area contributed by atoms with Crippen LogP contribution < -0.4 is 0 Å². The van der Waals surface area contributed by atoms with Crippen LogP contribution in [0.5, 0.6) is 0 Å². The predicted octanol–water partition coefficient (Wildman–Crippen LogP) is 5.33. The van der Waals surface area contributed by atoms with Crippen LogP contribution in [0.3, 0.4) is 0 Å². The average Bonchev–Trinajstić information content (AvgIpc) is 2.47. The van der Waals surface area contributed by atoms with Gasteiger partial charge in [-0.2, -0.15) is 0 Å². The molecule has 0 atom stereocenters. The Morgan fingerprint density at radius 3 is 2.20 bits per heavy atom. The van der Waals surface area contributed by atoms with Crippen molar-refractivity contribution in [2.75, 3.05) is 6.61 Å². The first-order chi connectivity index (χ1) is 9.53. The molecule has 2 nitrogen and oxygen atoms in total. The van der Waals surface area contributed by atoms with Crippen molar-refractivity contribution in [3.8, 4) is 0 Å². The van der Waals surface area contributed by atoms with Crippen LogP contribution in [-0.2, 0) is 9.53 Å². The molecule has 0 spiro atoms. The molecule has 0 aliphatic rings. The van der Waals surface area contributed by atoms with Crippen molar-refractivity contribution in [3.63, 3.8) is 0 Å². The second-order valence-electron chi connectivity index (χ2n) is 3.44. The molecule has 0 bridgehead atoms. The zero-order valence-electron chi connectivity index (χ0n) is 13.1. The Labute approximate surface area is 128 Å². The molecule has 3 heteroatoms. The summed E-state index contributed by atoms with van der Waals surface area (Å²) in [6.45, 7) is 17.1. The SMILES string of the molecule is C=C/C=C(C(\C)=C/C)/C(Cl)=C(\C=C)C(=O)OCC.CC. The van der Waals surface area contributed by atoms with E-state index in [2.05, 4.69) is 13.2 Å². The molecule has 0 aromatic rings. The molecule has 0 amide bonds. The van der Waals surface area contributed by atoms with Crippen LogP contribution in [-0.4, -0.2) is 12.6 Å². The largest absolute Gasteiger partial charge is 0.462 e. The van der Waals surface area contributed by atoms with Crippen LogP contribution >= 0.6 is 11.6 Å². The van der Waals surface area contributed by atoms with E-state index >= 15 is 0 Å². The molecular weight excluding hydrogens is 272 g/mol. The summed E-state index contributed by atoms with van der Waals surface area (Å²) in [6.07, 6.45) is 6.68. The quantitative estimate of drug-likeness (QED) is 0.376. The number of ether oxygens (including phenoxy) is 1. The number of hydrogen-bond acceptors (Lipinski definition) is 2. The van der Waals surface area contributed by atoms with Gasteiger partial charge in [0.1, 0.15) is 0 Å². The van der Waals surface area contributed by atoms with Gasteiger partial charge in [-0.25, -0.2) is 4.79 Å². The fraction of sp³-hybridized carbons (Fsp3) is 0.353. The molecule has 0 saturated carbocycles. The summed E-state index contributed by atoms with van der Waals surface area (Å²) in [5.41, 5.74) is 1.94. The Morgan fingerprint density at radius 2 is 1.85 bits per heavy atom. The number of esters is 1. The van der Waals surface area contributed by atoms with Gasteiger partial charge in [0.05, 0.1) is 17.2 Å². The van der Waals surface area contributed by atoms with Crippen LogP contribution in [0.1, 0.15) is 34.6 Å². The first kappa shape index (κ1) is 20.8. The Kier molecular flexibility index (Phi) is 13.0. The van der Waals surface area contributed by atoms with E-state index in [4.69, 9.17) is 16.3 Å². The van der Waals surface area contributed by atoms with E-state index in [1.165, 1.54) is 6.08 Å². The zero-order valence-corrected chi connectivity index (χ0v) is 13.9. The predicted molar refractivity (Wildman–Crippen MR) is 88.8 cm³/mol. The molecule has 0 aliphatic carbocycles. The molecule has 0 saturated heterocycles. The van der Waals surface area contributed by atoms with Crippen molar-refractivity contribution >= 4 is 17.6 Å². The molecule has 0 aromatic carbocycles. The molecule has 112 valence electrons. The van der Waals surface area contributed by atoms with E-state index in [1.807, 2.05) is 33.8 Å². The van der Waals surface area contributed by atoms with Crippen LogP contribution in [0.25, 0.3) is 0 Å². The number of allylic oxidation sites excluding steroid dienone is 6. The molecule has 0 aromatic heterocycles. The van der Waals surface area contributed by atoms with Crippen molar-refractivity contribution < 1.29 is 9.53 Å². The highest BCUT2D eigenvalue weighted by molar-refractivity contribution is 6.35. The highest BCUT2D eigenvalue weighted by Gasteiger charge is 2.15. The topological polar surface area (TPSA) is 26.3 Å². The second-order valence-corrected chi connectivity index (χ2v) is 3.82. The Morgan fingerprint density at radius 1 is 1.30 bits per heavy atom. The lowest BCUT2D eigenvalue weighted by Crippen LogP contribution is -2.08. The molecule has 0 aliphatic heterocycles. The maximum Gasteiger partial charge on any atom is 0.339 e. The fourth-order valence-corrected chi connectivity index (χ4v) is 1.63. The molecular formula is C17H25ClO2. The summed E-state index contributed by atoms with van der Waals surface area (Å²) in [4.78, 5) is 11.7. The smallest absolute Gasteiger partial charge is 0.339 e. The van der Waals surface area contributed by atoms with Gasteiger partial charge < -0.3 is 4.74 Å². The average molecular weight is 297 g/mol. The lowest BCUT2D eigenvalue weighted by atomic mass is 10.0. The van der Waals surface area contributed by atoms with Crippen molar-refractivity contribution in [2.24, 2.45) is 0 Å². The van der Waals surface area contributed by atoms with Gasteiger partial charge in [-0.05, 0) is 31.9 Å². The van der Waals surface area contributed by atoms with Gasteiger partial charge in [-0.15, -0.1) is 0 Å². The molecule has 20 heavy (non-hydrogen) atoms. The number of hydrogen-bond donors (Lipinski definition) is 0. The van der Waals surface area contributed by atoms with Crippen LogP contribution in [0.2, 0.25) is 0 Å². The maximum atomic E-state index is 11.7. The van der Waals surface area contributed by atoms with Crippen LogP contribution in [0.15, 0.2) is 59.2 Å². The van der Waals surface area contributed by atoms with Crippen molar-refractivity contribution in [1.29, 1.82) is 0 Å². The minimum Gasteiger partial charge on any atom is -0.462 e. The van der Waals surface area contributed by atoms with Gasteiger partial charge in [0.15, 0.2) is 0 Å². The molecule has 0 heterocycles. The van der Waals surface area contributed by atoms with E-state index in [-0.39, 0.29) is 5.57 Å². The number of carbonyl (C=O) groups excluding carboxylic acids is 1. The lowest BCUT2D eigenvalue weighted by Gasteiger charge is -2.10. The van der Waals surface area contributed by atoms with Crippen molar-refractivity contribution in [1.82, 2.24) is 0 Å². The summed E-state index contributed by atoms with van der Waals surface area (Å²) >= 11 is 6.25. The third kappa shape index (κ3) is 6.58. The summed E-state index contributed by atoms with van der Waals surface area (Å²) in [6, 6.07) is 0. The number of carbonyl (C=O) groups is 1. The third-order valence-electron chi connectivity index (χ3n) is 2.31. The van der Waals surface area contributed by atoms with Crippen LogP contribution in [0, 0.1) is 0 Å². The van der Waals surface area contributed by atoms with Crippen molar-refractivity contribution in [3.05, 3.63) is 59.2 Å².